The van der Waals surface area contributed by atoms with Gasteiger partial charge in [-0.15, -0.1) is 0 Å². The van der Waals surface area contributed by atoms with E-state index < -0.39 is 9.84 Å². The fourth-order valence-corrected chi connectivity index (χ4v) is 5.91. The summed E-state index contributed by atoms with van der Waals surface area (Å²) in [5, 5.41) is 8.07. The highest BCUT2D eigenvalue weighted by molar-refractivity contribution is 7.90. The van der Waals surface area contributed by atoms with Gasteiger partial charge in [-0.25, -0.2) is 8.42 Å². The van der Waals surface area contributed by atoms with Gasteiger partial charge >= 0.3 is 0 Å². The minimum absolute atomic E-state index is 0.0943. The summed E-state index contributed by atoms with van der Waals surface area (Å²) >= 11 is 6.09. The first kappa shape index (κ1) is 25.9. The van der Waals surface area contributed by atoms with Gasteiger partial charge in [0.1, 0.15) is 0 Å². The topological polar surface area (TPSA) is 103 Å². The minimum Gasteiger partial charge on any atom is -0.349 e. The third-order valence-corrected chi connectivity index (χ3v) is 8.22. The monoisotopic (exact) mass is 550 g/mol. The van der Waals surface area contributed by atoms with Crippen molar-refractivity contribution in [3.8, 4) is 0 Å². The Morgan fingerprint density at radius 3 is 2.63 bits per heavy atom. The predicted octanol–water partition coefficient (Wildman–Crippen LogP) is 3.87. The summed E-state index contributed by atoms with van der Waals surface area (Å²) in [5.41, 5.74) is 2.67. The number of hydrogen-bond donors (Lipinski definition) is 1. The van der Waals surface area contributed by atoms with E-state index in [1.165, 1.54) is 22.4 Å². The zero-order valence-corrected chi connectivity index (χ0v) is 22.3. The van der Waals surface area contributed by atoms with Gasteiger partial charge in [-0.2, -0.15) is 5.10 Å². The largest absolute Gasteiger partial charge is 0.349 e. The van der Waals surface area contributed by atoms with Crippen molar-refractivity contribution in [2.45, 2.75) is 42.8 Å². The van der Waals surface area contributed by atoms with Crippen LogP contribution in [0.1, 0.15) is 45.8 Å². The Balaban J connectivity index is 1.24. The molecule has 2 heterocycles. The minimum atomic E-state index is -3.54. The summed E-state index contributed by atoms with van der Waals surface area (Å²) in [6, 6.07) is 17.8. The van der Waals surface area contributed by atoms with Crippen LogP contribution in [0.3, 0.4) is 0 Å². The number of hydrogen-bond acceptors (Lipinski definition) is 5. The van der Waals surface area contributed by atoms with E-state index in [0.29, 0.717) is 34.2 Å². The number of sulfone groups is 1. The Hall–Kier alpha value is -3.69. The molecule has 1 amide bonds. The molecule has 0 aliphatic heterocycles. The van der Waals surface area contributed by atoms with Crippen LogP contribution in [0.2, 0.25) is 5.02 Å². The van der Waals surface area contributed by atoms with Gasteiger partial charge < -0.3 is 9.88 Å². The number of pyridine rings is 1. The lowest BCUT2D eigenvalue weighted by Gasteiger charge is -2.36. The zero-order valence-electron chi connectivity index (χ0n) is 20.7. The zero-order chi connectivity index (χ0) is 26.9. The average Bonchev–Trinajstić information content (AvgIpc) is 3.31. The van der Waals surface area contributed by atoms with E-state index in [1.54, 1.807) is 41.3 Å². The Morgan fingerprint density at radius 1 is 1.08 bits per heavy atom. The van der Waals surface area contributed by atoms with Crippen molar-refractivity contribution in [2.75, 3.05) is 6.26 Å². The van der Waals surface area contributed by atoms with Crippen LogP contribution < -0.4 is 10.9 Å². The Kier molecular flexibility index (Phi) is 7.23. The molecule has 5 rings (SSSR count). The van der Waals surface area contributed by atoms with Crippen LogP contribution in [-0.2, 0) is 22.9 Å². The molecule has 10 heteroatoms. The standard InChI is InChI=1S/C28H27ClN4O4S/c1-38(36,37)26-11-19(8-9-21(26)17-32-10-3-2-7-27(32)34)16-33-18-23(15-30-33)28(35)31-25-13-22(14-25)20-5-4-6-24(29)12-20/h2-12,15,18,22,25H,13-14,16-17H2,1H3,(H,31,35)/t22-,25+. The van der Waals surface area contributed by atoms with E-state index in [-0.39, 0.29) is 28.9 Å². The lowest BCUT2D eigenvalue weighted by atomic mass is 9.76. The Bertz CT molecular complexity index is 1660. The smallest absolute Gasteiger partial charge is 0.254 e. The molecule has 1 aliphatic carbocycles. The molecule has 8 nitrogen and oxygen atoms in total. The highest BCUT2D eigenvalue weighted by atomic mass is 35.5. The number of amides is 1. The number of rotatable bonds is 8. The number of carbonyl (C=O) groups excluding carboxylic acids is 1. The number of nitrogens with one attached hydrogen (secondary N) is 1. The second kappa shape index (κ2) is 10.6. The van der Waals surface area contributed by atoms with Crippen LogP contribution in [0.25, 0.3) is 0 Å². The molecule has 0 saturated heterocycles. The fourth-order valence-electron chi connectivity index (χ4n) is 4.74. The van der Waals surface area contributed by atoms with E-state index in [1.807, 2.05) is 24.3 Å². The molecule has 2 aromatic carbocycles. The molecule has 0 radical (unpaired) electrons. The molecule has 196 valence electrons. The number of halogens is 1. The van der Waals surface area contributed by atoms with E-state index in [4.69, 9.17) is 11.6 Å². The van der Waals surface area contributed by atoms with Gasteiger partial charge in [-0.1, -0.05) is 41.9 Å². The molecule has 0 unspecified atom stereocenters. The van der Waals surface area contributed by atoms with Gasteiger partial charge in [0, 0.05) is 35.8 Å². The molecule has 2 aromatic heterocycles. The normalized spacial score (nSPS) is 17.1. The molecular weight excluding hydrogens is 524 g/mol. The third-order valence-electron chi connectivity index (χ3n) is 6.80. The van der Waals surface area contributed by atoms with Gasteiger partial charge in [0.25, 0.3) is 11.5 Å². The predicted molar refractivity (Wildman–Crippen MR) is 145 cm³/mol. The SMILES string of the molecule is CS(=O)(=O)c1cc(Cn2cc(C(=O)N[C@H]3C[C@@H](c4cccc(Cl)c4)C3)cn2)ccc1Cn1ccccc1=O. The van der Waals surface area contributed by atoms with E-state index in [9.17, 15) is 18.0 Å². The summed E-state index contributed by atoms with van der Waals surface area (Å²) in [6.07, 6.45) is 7.65. The highest BCUT2D eigenvalue weighted by Gasteiger charge is 2.31. The Morgan fingerprint density at radius 2 is 1.89 bits per heavy atom. The van der Waals surface area contributed by atoms with Crippen molar-refractivity contribution < 1.29 is 13.2 Å². The van der Waals surface area contributed by atoms with E-state index in [0.717, 1.165) is 19.1 Å². The van der Waals surface area contributed by atoms with Gasteiger partial charge in [-0.3, -0.25) is 14.3 Å². The van der Waals surface area contributed by atoms with Crippen LogP contribution in [0, 0.1) is 0 Å². The fraction of sp³-hybridized carbons (Fsp3) is 0.250. The van der Waals surface area contributed by atoms with Gasteiger partial charge in [-0.05, 0) is 59.7 Å². The molecule has 38 heavy (non-hydrogen) atoms. The van der Waals surface area contributed by atoms with Gasteiger partial charge in [0.05, 0.1) is 29.7 Å². The molecule has 1 fully saturated rings. The van der Waals surface area contributed by atoms with Crippen molar-refractivity contribution in [3.63, 3.8) is 0 Å². The molecule has 0 atom stereocenters. The van der Waals surface area contributed by atoms with E-state index >= 15 is 0 Å². The molecule has 0 bridgehead atoms. The average molecular weight is 551 g/mol. The molecular formula is C28H27ClN4O4S. The molecule has 0 spiro atoms. The van der Waals surface area contributed by atoms with Crippen molar-refractivity contribution >= 4 is 27.3 Å². The van der Waals surface area contributed by atoms with Crippen LogP contribution in [0.15, 0.2) is 88.9 Å². The first-order valence-corrected chi connectivity index (χ1v) is 14.5. The Labute approximate surface area is 225 Å². The molecule has 4 aromatic rings. The molecule has 1 aliphatic rings. The first-order chi connectivity index (χ1) is 18.2. The molecule has 1 saturated carbocycles. The van der Waals surface area contributed by atoms with Crippen LogP contribution in [0.4, 0.5) is 0 Å². The summed E-state index contributed by atoms with van der Waals surface area (Å²) < 4.78 is 28.1. The second-order valence-corrected chi connectivity index (χ2v) is 12.1. The summed E-state index contributed by atoms with van der Waals surface area (Å²) in [5.74, 6) is 0.195. The van der Waals surface area contributed by atoms with E-state index in [2.05, 4.69) is 16.5 Å². The maximum atomic E-state index is 12.7. The summed E-state index contributed by atoms with van der Waals surface area (Å²) in [4.78, 5) is 25.0. The van der Waals surface area contributed by atoms with Gasteiger partial charge in [0.2, 0.25) is 0 Å². The summed E-state index contributed by atoms with van der Waals surface area (Å²) in [6.45, 7) is 0.440. The second-order valence-electron chi connectivity index (χ2n) is 9.70. The number of nitrogens with zero attached hydrogens (tertiary/aromatic N) is 3. The van der Waals surface area contributed by atoms with Crippen molar-refractivity contribution in [3.05, 3.63) is 117 Å². The number of benzene rings is 2. The lowest BCUT2D eigenvalue weighted by molar-refractivity contribution is 0.0909. The quantitative estimate of drug-likeness (QED) is 0.359. The maximum Gasteiger partial charge on any atom is 0.254 e. The van der Waals surface area contributed by atoms with Crippen molar-refractivity contribution in [1.29, 1.82) is 0 Å². The summed E-state index contributed by atoms with van der Waals surface area (Å²) in [7, 11) is -3.54. The third kappa shape index (κ3) is 5.89. The van der Waals surface area contributed by atoms with Crippen LogP contribution >= 0.6 is 11.6 Å². The maximum absolute atomic E-state index is 12.7. The number of aromatic nitrogens is 3. The van der Waals surface area contributed by atoms with Crippen molar-refractivity contribution in [1.82, 2.24) is 19.7 Å². The lowest BCUT2D eigenvalue weighted by Crippen LogP contribution is -2.43. The highest BCUT2D eigenvalue weighted by Crippen LogP contribution is 2.37. The first-order valence-electron chi connectivity index (χ1n) is 12.2. The van der Waals surface area contributed by atoms with Gasteiger partial charge in [0.15, 0.2) is 9.84 Å². The van der Waals surface area contributed by atoms with Crippen molar-refractivity contribution in [2.24, 2.45) is 0 Å². The number of carbonyl (C=O) groups is 1. The van der Waals surface area contributed by atoms with Crippen LogP contribution in [-0.4, -0.2) is 41.0 Å². The molecule has 1 N–H and O–H groups in total. The van der Waals surface area contributed by atoms with Crippen LogP contribution in [0.5, 0.6) is 0 Å².